The number of hydrogen-bond donors (Lipinski definition) is 1. The summed E-state index contributed by atoms with van der Waals surface area (Å²) in [6.07, 6.45) is 2.20. The van der Waals surface area contributed by atoms with E-state index in [0.717, 1.165) is 24.2 Å². The summed E-state index contributed by atoms with van der Waals surface area (Å²) in [5.41, 5.74) is 1.02. The van der Waals surface area contributed by atoms with Gasteiger partial charge in [0.15, 0.2) is 0 Å². The Balaban J connectivity index is 2.12. The summed E-state index contributed by atoms with van der Waals surface area (Å²) in [5, 5.41) is 8.86. The first-order chi connectivity index (χ1) is 7.66. The van der Waals surface area contributed by atoms with Gasteiger partial charge in [-0.2, -0.15) is 0 Å². The lowest BCUT2D eigenvalue weighted by Crippen LogP contribution is -2.12. The number of carboxylic acid groups (broad SMARTS) is 1. The van der Waals surface area contributed by atoms with Crippen LogP contribution in [-0.2, 0) is 10.2 Å². The van der Waals surface area contributed by atoms with Crippen LogP contribution >= 0.6 is 0 Å². The molecule has 86 valence electrons. The fourth-order valence-electron chi connectivity index (χ4n) is 2.08. The Morgan fingerprint density at radius 3 is 2.44 bits per heavy atom. The van der Waals surface area contributed by atoms with E-state index in [0.29, 0.717) is 6.61 Å². The highest BCUT2D eigenvalue weighted by atomic mass is 16.5. The summed E-state index contributed by atoms with van der Waals surface area (Å²) < 4.78 is 5.36. The molecule has 1 aromatic carbocycles. The van der Waals surface area contributed by atoms with Crippen LogP contribution in [-0.4, -0.2) is 17.7 Å². The second-order valence-corrected chi connectivity index (χ2v) is 4.31. The van der Waals surface area contributed by atoms with E-state index in [4.69, 9.17) is 9.84 Å². The normalized spacial score (nSPS) is 16.8. The molecule has 0 heterocycles. The summed E-state index contributed by atoms with van der Waals surface area (Å²) >= 11 is 0. The third kappa shape index (κ3) is 2.18. The van der Waals surface area contributed by atoms with Gasteiger partial charge < -0.3 is 9.84 Å². The Morgan fingerprint density at radius 1 is 1.38 bits per heavy atom. The molecule has 0 aromatic heterocycles. The number of hydrogen-bond acceptors (Lipinski definition) is 2. The van der Waals surface area contributed by atoms with E-state index >= 15 is 0 Å². The molecule has 1 aliphatic carbocycles. The van der Waals surface area contributed by atoms with Crippen LogP contribution in [0.15, 0.2) is 24.3 Å². The van der Waals surface area contributed by atoms with Crippen LogP contribution in [0.5, 0.6) is 5.75 Å². The van der Waals surface area contributed by atoms with E-state index < -0.39 is 5.97 Å². The molecule has 0 aliphatic heterocycles. The minimum Gasteiger partial charge on any atom is -0.494 e. The zero-order chi connectivity index (χ0) is 11.6. The molecule has 1 fully saturated rings. The molecule has 1 aromatic rings. The minimum atomic E-state index is -0.716. The number of carbonyl (C=O) groups is 1. The van der Waals surface area contributed by atoms with Crippen molar-refractivity contribution in [3.05, 3.63) is 29.8 Å². The summed E-state index contributed by atoms with van der Waals surface area (Å²) in [6.45, 7) is 2.60. The van der Waals surface area contributed by atoms with Crippen molar-refractivity contribution in [3.8, 4) is 5.75 Å². The molecule has 1 N–H and O–H groups in total. The van der Waals surface area contributed by atoms with Gasteiger partial charge >= 0.3 is 5.97 Å². The molecule has 0 saturated heterocycles. The Morgan fingerprint density at radius 2 is 2.00 bits per heavy atom. The van der Waals surface area contributed by atoms with Crippen molar-refractivity contribution in [1.29, 1.82) is 0 Å². The van der Waals surface area contributed by atoms with Crippen LogP contribution in [0.2, 0.25) is 0 Å². The number of rotatable bonds is 5. The van der Waals surface area contributed by atoms with E-state index in [-0.39, 0.29) is 11.8 Å². The van der Waals surface area contributed by atoms with Crippen LogP contribution in [0, 0.1) is 0 Å². The topological polar surface area (TPSA) is 46.5 Å². The van der Waals surface area contributed by atoms with Crippen molar-refractivity contribution in [2.75, 3.05) is 6.61 Å². The van der Waals surface area contributed by atoms with E-state index in [2.05, 4.69) is 0 Å². The van der Waals surface area contributed by atoms with E-state index in [1.54, 1.807) is 0 Å². The van der Waals surface area contributed by atoms with Crippen LogP contribution in [0.1, 0.15) is 31.7 Å². The molecule has 1 aliphatic rings. The van der Waals surface area contributed by atoms with Gasteiger partial charge in [-0.3, -0.25) is 4.79 Å². The molecular weight excluding hydrogens is 204 g/mol. The zero-order valence-electron chi connectivity index (χ0n) is 9.40. The molecule has 0 amide bonds. The average Bonchev–Trinajstić information content (AvgIpc) is 2.99. The second kappa shape index (κ2) is 4.16. The highest BCUT2D eigenvalue weighted by Crippen LogP contribution is 2.51. The van der Waals surface area contributed by atoms with Gasteiger partial charge in [0.2, 0.25) is 0 Å². The maximum absolute atomic E-state index is 10.8. The van der Waals surface area contributed by atoms with E-state index in [1.165, 1.54) is 0 Å². The monoisotopic (exact) mass is 220 g/mol. The predicted octanol–water partition coefficient (Wildman–Crippen LogP) is 2.59. The lowest BCUT2D eigenvalue weighted by Gasteiger charge is -2.13. The number of carboxylic acids is 1. The minimum absolute atomic E-state index is 0.101. The van der Waals surface area contributed by atoms with Gasteiger partial charge in [-0.1, -0.05) is 12.1 Å². The molecule has 0 spiro atoms. The fraction of sp³-hybridized carbons (Fsp3) is 0.462. The van der Waals surface area contributed by atoms with Gasteiger partial charge in [-0.05, 0) is 37.5 Å². The van der Waals surface area contributed by atoms with E-state index in [1.807, 2.05) is 31.2 Å². The molecule has 0 atom stereocenters. The Kier molecular flexibility index (Phi) is 2.86. The highest BCUT2D eigenvalue weighted by Gasteiger charge is 2.45. The molecule has 0 bridgehead atoms. The van der Waals surface area contributed by atoms with E-state index in [9.17, 15) is 4.79 Å². The molecular formula is C13H16O3. The summed E-state index contributed by atoms with van der Waals surface area (Å²) in [4.78, 5) is 10.8. The summed E-state index contributed by atoms with van der Waals surface area (Å²) in [6, 6.07) is 7.81. The van der Waals surface area contributed by atoms with Gasteiger partial charge in [-0.15, -0.1) is 0 Å². The van der Waals surface area contributed by atoms with Crippen molar-refractivity contribution in [2.24, 2.45) is 0 Å². The third-order valence-electron chi connectivity index (χ3n) is 3.12. The van der Waals surface area contributed by atoms with Gasteiger partial charge in [0.05, 0.1) is 13.0 Å². The number of aliphatic carboxylic acids is 1. The molecule has 2 rings (SSSR count). The van der Waals surface area contributed by atoms with Crippen molar-refractivity contribution >= 4 is 5.97 Å². The second-order valence-electron chi connectivity index (χ2n) is 4.31. The van der Waals surface area contributed by atoms with Crippen LogP contribution in [0.25, 0.3) is 0 Å². The molecule has 16 heavy (non-hydrogen) atoms. The first kappa shape index (κ1) is 11.0. The van der Waals surface area contributed by atoms with Crippen LogP contribution in [0.4, 0.5) is 0 Å². The number of benzene rings is 1. The van der Waals surface area contributed by atoms with Crippen molar-refractivity contribution in [3.63, 3.8) is 0 Å². The summed E-state index contributed by atoms with van der Waals surface area (Å²) in [5.74, 6) is 0.128. The number of ether oxygens (including phenoxy) is 1. The SMILES string of the molecule is CCOc1ccc(C2(CC(=O)O)CC2)cc1. The smallest absolute Gasteiger partial charge is 0.304 e. The third-order valence-corrected chi connectivity index (χ3v) is 3.12. The average molecular weight is 220 g/mol. The first-order valence-corrected chi connectivity index (χ1v) is 5.61. The fourth-order valence-corrected chi connectivity index (χ4v) is 2.08. The van der Waals surface area contributed by atoms with Gasteiger partial charge in [0, 0.05) is 5.41 Å². The first-order valence-electron chi connectivity index (χ1n) is 5.61. The zero-order valence-corrected chi connectivity index (χ0v) is 9.40. The summed E-state index contributed by atoms with van der Waals surface area (Å²) in [7, 11) is 0. The highest BCUT2D eigenvalue weighted by molar-refractivity contribution is 5.70. The Bertz CT molecular complexity index is 377. The van der Waals surface area contributed by atoms with Gasteiger partial charge in [0.1, 0.15) is 5.75 Å². The van der Waals surface area contributed by atoms with Gasteiger partial charge in [0.25, 0.3) is 0 Å². The lowest BCUT2D eigenvalue weighted by molar-refractivity contribution is -0.137. The molecule has 0 radical (unpaired) electrons. The molecule has 1 saturated carbocycles. The maximum atomic E-state index is 10.8. The van der Waals surface area contributed by atoms with Gasteiger partial charge in [-0.25, -0.2) is 0 Å². The van der Waals surface area contributed by atoms with Crippen molar-refractivity contribution in [1.82, 2.24) is 0 Å². The quantitative estimate of drug-likeness (QED) is 0.829. The molecule has 0 unspecified atom stereocenters. The predicted molar refractivity (Wildman–Crippen MR) is 60.8 cm³/mol. The Labute approximate surface area is 95.0 Å². The Hall–Kier alpha value is -1.51. The molecule has 3 nitrogen and oxygen atoms in total. The van der Waals surface area contributed by atoms with Crippen LogP contribution in [0.3, 0.4) is 0 Å². The molecule has 3 heteroatoms. The maximum Gasteiger partial charge on any atom is 0.304 e. The van der Waals surface area contributed by atoms with Crippen LogP contribution < -0.4 is 4.74 Å². The van der Waals surface area contributed by atoms with Crippen molar-refractivity contribution in [2.45, 2.75) is 31.6 Å². The standard InChI is InChI=1S/C13H16O3/c1-2-16-11-5-3-10(4-6-11)13(7-8-13)9-12(14)15/h3-6H,2,7-9H2,1H3,(H,14,15). The lowest BCUT2D eigenvalue weighted by atomic mass is 9.92. The largest absolute Gasteiger partial charge is 0.494 e. The van der Waals surface area contributed by atoms with Crippen molar-refractivity contribution < 1.29 is 14.6 Å².